The lowest BCUT2D eigenvalue weighted by Crippen LogP contribution is -2.07. The molecule has 0 radical (unpaired) electrons. The number of aryl methyl sites for hydroxylation is 2. The number of hydrogen-bond acceptors (Lipinski definition) is 4. The molecule has 0 amide bonds. The lowest BCUT2D eigenvalue weighted by atomic mass is 10.1. The number of hydrogen-bond donors (Lipinski definition) is 0. The molecule has 0 spiro atoms. The minimum Gasteiger partial charge on any atom is -0.493 e. The van der Waals surface area contributed by atoms with Crippen molar-refractivity contribution in [1.29, 1.82) is 0 Å². The van der Waals surface area contributed by atoms with Crippen LogP contribution in [0.4, 0.5) is 13.2 Å². The minimum atomic E-state index is -4.36. The van der Waals surface area contributed by atoms with E-state index >= 15 is 0 Å². The maximum Gasteiger partial charge on any atom is 0.416 e. The molecule has 4 nitrogen and oxygen atoms in total. The standard InChI is InChI=1S/C23H23ClF3N3OS/c1-3-11-30-21(8-5-12-31-20-10-9-19(24)13-16(20)2)28-29-22(30)32-15-17-6-4-7-18(14-17)23(25,26)27/h3-4,6-7,9-10,13-14H,1,5,8,11-12,15H2,2H3. The number of nitrogens with zero attached hydrogens (tertiary/aromatic N) is 3. The summed E-state index contributed by atoms with van der Waals surface area (Å²) in [6, 6.07) is 10.8. The molecule has 32 heavy (non-hydrogen) atoms. The molecule has 2 aromatic carbocycles. The van der Waals surface area contributed by atoms with Crippen LogP contribution in [0.1, 0.15) is 28.9 Å². The average molecular weight is 482 g/mol. The fraction of sp³-hybridized carbons (Fsp3) is 0.304. The summed E-state index contributed by atoms with van der Waals surface area (Å²) in [7, 11) is 0. The van der Waals surface area contributed by atoms with Crippen LogP contribution in [0.3, 0.4) is 0 Å². The number of halogens is 4. The first-order valence-electron chi connectivity index (χ1n) is 9.99. The van der Waals surface area contributed by atoms with E-state index in [1.165, 1.54) is 17.8 Å². The molecule has 9 heteroatoms. The third-order valence-corrected chi connectivity index (χ3v) is 5.94. The summed E-state index contributed by atoms with van der Waals surface area (Å²) in [6.07, 6.45) is -1.23. The van der Waals surface area contributed by atoms with E-state index in [-0.39, 0.29) is 0 Å². The lowest BCUT2D eigenvalue weighted by molar-refractivity contribution is -0.137. The van der Waals surface area contributed by atoms with Gasteiger partial charge < -0.3 is 9.30 Å². The largest absolute Gasteiger partial charge is 0.493 e. The maximum atomic E-state index is 12.9. The molecule has 3 aromatic rings. The fourth-order valence-corrected chi connectivity index (χ4v) is 4.23. The highest BCUT2D eigenvalue weighted by atomic mass is 35.5. The van der Waals surface area contributed by atoms with Gasteiger partial charge in [0, 0.05) is 23.7 Å². The Kier molecular flexibility index (Phi) is 8.26. The first kappa shape index (κ1) is 24.2. The topological polar surface area (TPSA) is 39.9 Å². The molecule has 0 aliphatic heterocycles. The maximum absolute atomic E-state index is 12.9. The van der Waals surface area contributed by atoms with E-state index in [1.807, 2.05) is 23.6 Å². The molecule has 170 valence electrons. The molecule has 1 aromatic heterocycles. The van der Waals surface area contributed by atoms with E-state index in [4.69, 9.17) is 16.3 Å². The van der Waals surface area contributed by atoms with Gasteiger partial charge in [0.05, 0.1) is 12.2 Å². The summed E-state index contributed by atoms with van der Waals surface area (Å²) < 4.78 is 46.6. The number of allylic oxidation sites excluding steroid dienone is 1. The van der Waals surface area contributed by atoms with Gasteiger partial charge in [-0.25, -0.2) is 0 Å². The minimum absolute atomic E-state index is 0.359. The quantitative estimate of drug-likeness (QED) is 0.182. The van der Waals surface area contributed by atoms with Gasteiger partial charge in [0.15, 0.2) is 5.16 Å². The third-order valence-electron chi connectivity index (χ3n) is 4.67. The Morgan fingerprint density at radius 3 is 2.72 bits per heavy atom. The highest BCUT2D eigenvalue weighted by molar-refractivity contribution is 7.98. The summed E-state index contributed by atoms with van der Waals surface area (Å²) in [5.74, 6) is 1.94. The van der Waals surface area contributed by atoms with Gasteiger partial charge in [0.25, 0.3) is 0 Å². The highest BCUT2D eigenvalue weighted by Gasteiger charge is 2.30. The van der Waals surface area contributed by atoms with Crippen LogP contribution in [0.5, 0.6) is 5.75 Å². The number of benzene rings is 2. The molecule has 0 bridgehead atoms. The van der Waals surface area contributed by atoms with Gasteiger partial charge in [-0.1, -0.05) is 47.6 Å². The lowest BCUT2D eigenvalue weighted by Gasteiger charge is -2.11. The Morgan fingerprint density at radius 1 is 1.19 bits per heavy atom. The fourth-order valence-electron chi connectivity index (χ4n) is 3.10. The number of alkyl halides is 3. The van der Waals surface area contributed by atoms with Crippen LogP contribution in [0.15, 0.2) is 60.3 Å². The Hall–Kier alpha value is -2.45. The summed E-state index contributed by atoms with van der Waals surface area (Å²) >= 11 is 7.32. The zero-order valence-electron chi connectivity index (χ0n) is 17.5. The van der Waals surface area contributed by atoms with E-state index in [0.717, 1.165) is 35.7 Å². The van der Waals surface area contributed by atoms with E-state index in [2.05, 4.69) is 16.8 Å². The smallest absolute Gasteiger partial charge is 0.416 e. The van der Waals surface area contributed by atoms with Gasteiger partial charge in [0.1, 0.15) is 11.6 Å². The van der Waals surface area contributed by atoms with E-state index in [0.29, 0.717) is 41.1 Å². The monoisotopic (exact) mass is 481 g/mol. The van der Waals surface area contributed by atoms with Gasteiger partial charge >= 0.3 is 6.18 Å². The molecule has 0 aliphatic carbocycles. The van der Waals surface area contributed by atoms with Crippen LogP contribution >= 0.6 is 23.4 Å². The third kappa shape index (κ3) is 6.53. The molecule has 0 aliphatic rings. The van der Waals surface area contributed by atoms with Crippen LogP contribution in [0.2, 0.25) is 5.02 Å². The highest BCUT2D eigenvalue weighted by Crippen LogP contribution is 2.31. The van der Waals surface area contributed by atoms with Crippen molar-refractivity contribution in [3.8, 4) is 5.75 Å². The Bertz CT molecular complexity index is 1070. The predicted octanol–water partition coefficient (Wildman–Crippen LogP) is 6.75. The van der Waals surface area contributed by atoms with Gasteiger partial charge in [-0.15, -0.1) is 16.8 Å². The number of aromatic nitrogens is 3. The summed E-state index contributed by atoms with van der Waals surface area (Å²) in [4.78, 5) is 0. The molecule has 1 heterocycles. The molecular formula is C23H23ClF3N3OS. The van der Waals surface area contributed by atoms with Crippen LogP contribution in [-0.4, -0.2) is 21.4 Å². The van der Waals surface area contributed by atoms with Gasteiger partial charge in [-0.3, -0.25) is 0 Å². The molecule has 0 N–H and O–H groups in total. The second-order valence-electron chi connectivity index (χ2n) is 7.15. The van der Waals surface area contributed by atoms with E-state index < -0.39 is 11.7 Å². The number of thioether (sulfide) groups is 1. The molecule has 0 unspecified atom stereocenters. The first-order chi connectivity index (χ1) is 15.3. The molecular weight excluding hydrogens is 459 g/mol. The molecule has 0 atom stereocenters. The zero-order valence-corrected chi connectivity index (χ0v) is 19.1. The van der Waals surface area contributed by atoms with E-state index in [1.54, 1.807) is 18.2 Å². The van der Waals surface area contributed by atoms with Crippen LogP contribution < -0.4 is 4.74 Å². The van der Waals surface area contributed by atoms with Crippen molar-refractivity contribution in [3.63, 3.8) is 0 Å². The first-order valence-corrected chi connectivity index (χ1v) is 11.3. The number of ether oxygens (including phenoxy) is 1. The van der Waals surface area contributed by atoms with Gasteiger partial charge in [-0.05, 0) is 48.7 Å². The molecule has 0 saturated heterocycles. The van der Waals surface area contributed by atoms with Crippen molar-refractivity contribution in [1.82, 2.24) is 14.8 Å². The Labute approximate surface area is 194 Å². The molecule has 3 rings (SSSR count). The second-order valence-corrected chi connectivity index (χ2v) is 8.53. The van der Waals surface area contributed by atoms with Gasteiger partial charge in [0.2, 0.25) is 0 Å². The summed E-state index contributed by atoms with van der Waals surface area (Å²) in [5, 5.41) is 9.82. The van der Waals surface area contributed by atoms with Crippen LogP contribution in [0.25, 0.3) is 0 Å². The average Bonchev–Trinajstić information content (AvgIpc) is 3.12. The van der Waals surface area contributed by atoms with Crippen molar-refractivity contribution in [2.24, 2.45) is 0 Å². The van der Waals surface area contributed by atoms with Crippen molar-refractivity contribution in [2.75, 3.05) is 6.61 Å². The van der Waals surface area contributed by atoms with Gasteiger partial charge in [-0.2, -0.15) is 13.2 Å². The van der Waals surface area contributed by atoms with Crippen molar-refractivity contribution in [3.05, 3.63) is 82.7 Å². The predicted molar refractivity (Wildman–Crippen MR) is 121 cm³/mol. The SMILES string of the molecule is C=CCn1c(CCCOc2ccc(Cl)cc2C)nnc1SCc1cccc(C(F)(F)F)c1. The van der Waals surface area contributed by atoms with Crippen LogP contribution in [-0.2, 0) is 24.9 Å². The van der Waals surface area contributed by atoms with Crippen molar-refractivity contribution >= 4 is 23.4 Å². The normalized spacial score (nSPS) is 11.5. The molecule has 0 saturated carbocycles. The number of rotatable bonds is 10. The summed E-state index contributed by atoms with van der Waals surface area (Å²) in [6.45, 7) is 6.75. The van der Waals surface area contributed by atoms with E-state index in [9.17, 15) is 13.2 Å². The molecule has 0 fully saturated rings. The van der Waals surface area contributed by atoms with Crippen LogP contribution in [0, 0.1) is 6.92 Å². The zero-order chi connectivity index (χ0) is 23.1. The van der Waals surface area contributed by atoms with Crippen molar-refractivity contribution < 1.29 is 17.9 Å². The second kappa shape index (κ2) is 10.9. The Balaban J connectivity index is 1.59. The summed E-state index contributed by atoms with van der Waals surface area (Å²) in [5.41, 5.74) is 0.895. The van der Waals surface area contributed by atoms with Crippen molar-refractivity contribution in [2.45, 2.75) is 43.4 Å². The Morgan fingerprint density at radius 2 is 2.00 bits per heavy atom.